The van der Waals surface area contributed by atoms with Crippen molar-refractivity contribution in [2.24, 2.45) is 0 Å². The van der Waals surface area contributed by atoms with E-state index >= 15 is 0 Å². The number of benzene rings is 1. The van der Waals surface area contributed by atoms with E-state index in [1.807, 2.05) is 24.5 Å². The molecule has 82 valence electrons. The fourth-order valence-corrected chi connectivity index (χ4v) is 1.99. The van der Waals surface area contributed by atoms with Crippen LogP contribution in [0.15, 0.2) is 41.4 Å². The lowest BCUT2D eigenvalue weighted by Crippen LogP contribution is -1.95. The Bertz CT molecular complexity index is 490. The van der Waals surface area contributed by atoms with Crippen LogP contribution in [0.4, 0.5) is 11.5 Å². The lowest BCUT2D eigenvalue weighted by molar-refractivity contribution is 1.16. The number of nitrogens with one attached hydrogen (secondary N) is 1. The molecule has 0 saturated heterocycles. The molecule has 0 spiro atoms. The third-order valence-electron chi connectivity index (χ3n) is 2.00. The van der Waals surface area contributed by atoms with Crippen molar-refractivity contribution in [3.8, 4) is 0 Å². The first kappa shape index (κ1) is 11.2. The van der Waals surface area contributed by atoms with Gasteiger partial charge < -0.3 is 5.32 Å². The van der Waals surface area contributed by atoms with Gasteiger partial charge in [-0.05, 0) is 36.1 Å². The van der Waals surface area contributed by atoms with Gasteiger partial charge in [0.25, 0.3) is 0 Å². The van der Waals surface area contributed by atoms with Crippen molar-refractivity contribution >= 4 is 34.9 Å². The Labute approximate surface area is 103 Å². The van der Waals surface area contributed by atoms with Gasteiger partial charge in [-0.15, -0.1) is 11.8 Å². The molecule has 2 rings (SSSR count). The van der Waals surface area contributed by atoms with E-state index in [9.17, 15) is 0 Å². The summed E-state index contributed by atoms with van der Waals surface area (Å²) in [4.78, 5) is 9.08. The first-order chi connectivity index (χ1) is 7.79. The van der Waals surface area contributed by atoms with Crippen LogP contribution in [0.25, 0.3) is 0 Å². The second-order valence-electron chi connectivity index (χ2n) is 3.04. The van der Waals surface area contributed by atoms with Crippen molar-refractivity contribution in [3.63, 3.8) is 0 Å². The molecule has 0 bridgehead atoms. The van der Waals surface area contributed by atoms with E-state index in [1.165, 1.54) is 0 Å². The zero-order valence-corrected chi connectivity index (χ0v) is 10.2. The minimum Gasteiger partial charge on any atom is -0.339 e. The van der Waals surface area contributed by atoms with Gasteiger partial charge >= 0.3 is 0 Å². The number of aromatic nitrogens is 2. The molecule has 1 N–H and O–H groups in total. The molecule has 5 heteroatoms. The normalized spacial score (nSPS) is 10.1. The molecule has 0 amide bonds. The maximum absolute atomic E-state index is 5.72. The van der Waals surface area contributed by atoms with Gasteiger partial charge in [0.15, 0.2) is 0 Å². The van der Waals surface area contributed by atoms with Crippen molar-refractivity contribution in [2.75, 3.05) is 11.6 Å². The molecule has 0 aliphatic carbocycles. The first-order valence-electron chi connectivity index (χ1n) is 4.68. The van der Waals surface area contributed by atoms with Crippen molar-refractivity contribution < 1.29 is 0 Å². The van der Waals surface area contributed by atoms with Gasteiger partial charge in [-0.2, -0.15) is 0 Å². The molecular weight excluding hydrogens is 242 g/mol. The quantitative estimate of drug-likeness (QED) is 0.668. The average molecular weight is 252 g/mol. The number of anilines is 2. The molecule has 1 heterocycles. The molecule has 2 aromatic rings. The number of hydrogen-bond acceptors (Lipinski definition) is 4. The highest BCUT2D eigenvalue weighted by molar-refractivity contribution is 7.98. The summed E-state index contributed by atoms with van der Waals surface area (Å²) in [7, 11) is 0. The third kappa shape index (κ3) is 2.65. The van der Waals surface area contributed by atoms with Gasteiger partial charge in [-0.1, -0.05) is 12.1 Å². The van der Waals surface area contributed by atoms with Crippen LogP contribution < -0.4 is 5.32 Å². The minimum atomic E-state index is 0.242. The number of thioether (sulfide) groups is 1. The van der Waals surface area contributed by atoms with Crippen LogP contribution in [0.2, 0.25) is 5.28 Å². The van der Waals surface area contributed by atoms with Crippen molar-refractivity contribution in [2.45, 2.75) is 4.90 Å². The van der Waals surface area contributed by atoms with Crippen LogP contribution in [-0.4, -0.2) is 16.2 Å². The highest BCUT2D eigenvalue weighted by Crippen LogP contribution is 2.27. The summed E-state index contributed by atoms with van der Waals surface area (Å²) in [6.07, 6.45) is 3.66. The highest BCUT2D eigenvalue weighted by atomic mass is 35.5. The number of halogens is 1. The molecule has 1 aromatic heterocycles. The molecule has 0 unspecified atom stereocenters. The molecule has 0 fully saturated rings. The van der Waals surface area contributed by atoms with Crippen molar-refractivity contribution in [1.82, 2.24) is 9.97 Å². The van der Waals surface area contributed by atoms with E-state index in [2.05, 4.69) is 21.4 Å². The van der Waals surface area contributed by atoms with Gasteiger partial charge in [0.1, 0.15) is 5.82 Å². The monoisotopic (exact) mass is 251 g/mol. The van der Waals surface area contributed by atoms with E-state index in [0.29, 0.717) is 5.82 Å². The van der Waals surface area contributed by atoms with Crippen molar-refractivity contribution in [3.05, 3.63) is 41.8 Å². The summed E-state index contributed by atoms with van der Waals surface area (Å²) in [5.74, 6) is 0.696. The summed E-state index contributed by atoms with van der Waals surface area (Å²) in [5.41, 5.74) is 1.02. The summed E-state index contributed by atoms with van der Waals surface area (Å²) < 4.78 is 0. The SMILES string of the molecule is CSc1ccccc1Nc1ccnc(Cl)n1. The number of nitrogens with zero attached hydrogens (tertiary/aromatic N) is 2. The summed E-state index contributed by atoms with van der Waals surface area (Å²) >= 11 is 7.40. The molecule has 1 aromatic carbocycles. The fourth-order valence-electron chi connectivity index (χ4n) is 1.29. The Balaban J connectivity index is 2.26. The zero-order chi connectivity index (χ0) is 11.4. The third-order valence-corrected chi connectivity index (χ3v) is 2.97. The number of rotatable bonds is 3. The number of hydrogen-bond donors (Lipinski definition) is 1. The molecule has 0 atom stereocenters. The number of para-hydroxylation sites is 1. The van der Waals surface area contributed by atoms with Crippen LogP contribution >= 0.6 is 23.4 Å². The van der Waals surface area contributed by atoms with E-state index < -0.39 is 0 Å². The fraction of sp³-hybridized carbons (Fsp3) is 0.0909. The largest absolute Gasteiger partial charge is 0.339 e. The standard InChI is InChI=1S/C11H10ClN3S/c1-16-9-5-3-2-4-8(9)14-10-6-7-13-11(12)15-10/h2-7H,1H3,(H,13,14,15). The van der Waals surface area contributed by atoms with Crippen LogP contribution in [-0.2, 0) is 0 Å². The first-order valence-corrected chi connectivity index (χ1v) is 6.28. The van der Waals surface area contributed by atoms with Gasteiger partial charge in [0, 0.05) is 11.1 Å². The van der Waals surface area contributed by atoms with Gasteiger partial charge in [-0.25, -0.2) is 9.97 Å². The predicted molar refractivity (Wildman–Crippen MR) is 68.5 cm³/mol. The Kier molecular flexibility index (Phi) is 3.64. The maximum atomic E-state index is 5.72. The molecule has 0 radical (unpaired) electrons. The Morgan fingerprint density at radius 3 is 2.81 bits per heavy atom. The lowest BCUT2D eigenvalue weighted by Gasteiger charge is -2.09. The van der Waals surface area contributed by atoms with E-state index in [0.717, 1.165) is 10.6 Å². The van der Waals surface area contributed by atoms with Gasteiger partial charge in [-0.3, -0.25) is 0 Å². The van der Waals surface area contributed by atoms with Crippen LogP contribution in [0, 0.1) is 0 Å². The maximum Gasteiger partial charge on any atom is 0.224 e. The van der Waals surface area contributed by atoms with E-state index in [4.69, 9.17) is 11.6 Å². The molecule has 3 nitrogen and oxygen atoms in total. The smallest absolute Gasteiger partial charge is 0.224 e. The van der Waals surface area contributed by atoms with Crippen LogP contribution in [0.1, 0.15) is 0 Å². The minimum absolute atomic E-state index is 0.242. The lowest BCUT2D eigenvalue weighted by atomic mass is 10.3. The Morgan fingerprint density at radius 2 is 2.06 bits per heavy atom. The predicted octanol–water partition coefficient (Wildman–Crippen LogP) is 3.60. The van der Waals surface area contributed by atoms with E-state index in [1.54, 1.807) is 24.0 Å². The zero-order valence-electron chi connectivity index (χ0n) is 8.64. The second kappa shape index (κ2) is 5.18. The topological polar surface area (TPSA) is 37.8 Å². The summed E-state index contributed by atoms with van der Waals surface area (Å²) in [6, 6.07) is 9.81. The van der Waals surface area contributed by atoms with Crippen LogP contribution in [0.3, 0.4) is 0 Å². The van der Waals surface area contributed by atoms with Crippen molar-refractivity contribution in [1.29, 1.82) is 0 Å². The summed E-state index contributed by atoms with van der Waals surface area (Å²) in [5, 5.41) is 3.45. The Morgan fingerprint density at radius 1 is 1.25 bits per heavy atom. The summed E-state index contributed by atoms with van der Waals surface area (Å²) in [6.45, 7) is 0. The molecule has 16 heavy (non-hydrogen) atoms. The molecular formula is C11H10ClN3S. The molecule has 0 saturated carbocycles. The highest BCUT2D eigenvalue weighted by Gasteiger charge is 2.02. The van der Waals surface area contributed by atoms with Crippen LogP contribution in [0.5, 0.6) is 0 Å². The van der Waals surface area contributed by atoms with Gasteiger partial charge in [0.2, 0.25) is 5.28 Å². The molecule has 0 aliphatic heterocycles. The van der Waals surface area contributed by atoms with Gasteiger partial charge in [0.05, 0.1) is 5.69 Å². The second-order valence-corrected chi connectivity index (χ2v) is 4.22. The Hall–Kier alpha value is -1.26. The van der Waals surface area contributed by atoms with E-state index in [-0.39, 0.29) is 5.28 Å². The molecule has 0 aliphatic rings. The average Bonchev–Trinajstić information content (AvgIpc) is 2.30.